The number of nitrogens with two attached hydrogens (primary N) is 1. The van der Waals surface area contributed by atoms with Crippen LogP contribution in [0.2, 0.25) is 0 Å². The smallest absolute Gasteiger partial charge is 0.217 e. The van der Waals surface area contributed by atoms with E-state index in [9.17, 15) is 4.79 Å². The van der Waals surface area contributed by atoms with Crippen molar-refractivity contribution in [2.45, 2.75) is 25.7 Å². The van der Waals surface area contributed by atoms with E-state index in [0.29, 0.717) is 12.3 Å². The summed E-state index contributed by atoms with van der Waals surface area (Å²) in [7, 11) is 0. The van der Waals surface area contributed by atoms with Gasteiger partial charge in [0, 0.05) is 30.2 Å². The molecule has 1 aliphatic heterocycles. The molecule has 98 valence electrons. The van der Waals surface area contributed by atoms with E-state index in [4.69, 9.17) is 5.73 Å². The highest BCUT2D eigenvalue weighted by molar-refractivity contribution is 9.10. The van der Waals surface area contributed by atoms with Crippen LogP contribution >= 0.6 is 15.9 Å². The Morgan fingerprint density at radius 2 is 2.39 bits per heavy atom. The minimum Gasteiger partial charge on any atom is -0.370 e. The van der Waals surface area contributed by atoms with Gasteiger partial charge < -0.3 is 10.6 Å². The van der Waals surface area contributed by atoms with Gasteiger partial charge >= 0.3 is 0 Å². The van der Waals surface area contributed by atoms with Crippen LogP contribution < -0.4 is 10.6 Å². The maximum absolute atomic E-state index is 10.8. The number of carbonyl (C=O) groups is 1. The number of amides is 1. The van der Waals surface area contributed by atoms with Gasteiger partial charge in [-0.1, -0.05) is 0 Å². The van der Waals surface area contributed by atoms with Crippen LogP contribution in [0.3, 0.4) is 0 Å². The molecular formula is C13H18BrN3O. The number of pyridine rings is 1. The van der Waals surface area contributed by atoms with Gasteiger partial charge in [0.05, 0.1) is 11.9 Å². The number of piperidine rings is 1. The van der Waals surface area contributed by atoms with Crippen LogP contribution in [0.25, 0.3) is 0 Å². The average molecular weight is 312 g/mol. The van der Waals surface area contributed by atoms with E-state index in [1.165, 1.54) is 6.42 Å². The zero-order valence-electron chi connectivity index (χ0n) is 10.3. The standard InChI is InChI=1S/C13H18BrN3O/c14-11-6-12(8-16-7-11)17-5-1-2-10(9-17)3-4-13(15)18/h6-8,10H,1-5,9H2,(H2,15,18)/t10-/m1/s1. The number of carbonyl (C=O) groups excluding carboxylic acids is 1. The number of hydrogen-bond donors (Lipinski definition) is 1. The van der Waals surface area contributed by atoms with Gasteiger partial charge in [-0.25, -0.2) is 0 Å². The average Bonchev–Trinajstić information content (AvgIpc) is 2.37. The van der Waals surface area contributed by atoms with E-state index in [0.717, 1.165) is 36.1 Å². The van der Waals surface area contributed by atoms with Crippen molar-refractivity contribution in [1.82, 2.24) is 4.98 Å². The van der Waals surface area contributed by atoms with Crippen LogP contribution in [0.4, 0.5) is 5.69 Å². The molecule has 1 aromatic heterocycles. The third-order valence-electron chi connectivity index (χ3n) is 3.37. The topological polar surface area (TPSA) is 59.2 Å². The number of aromatic nitrogens is 1. The molecule has 0 saturated carbocycles. The summed E-state index contributed by atoms with van der Waals surface area (Å²) in [4.78, 5) is 17.4. The quantitative estimate of drug-likeness (QED) is 0.928. The molecule has 4 nitrogen and oxygen atoms in total. The van der Waals surface area contributed by atoms with Crippen LogP contribution in [-0.2, 0) is 4.79 Å². The van der Waals surface area contributed by atoms with Gasteiger partial charge in [-0.15, -0.1) is 0 Å². The third kappa shape index (κ3) is 3.70. The van der Waals surface area contributed by atoms with Crippen LogP contribution in [-0.4, -0.2) is 24.0 Å². The number of hydrogen-bond acceptors (Lipinski definition) is 3. The van der Waals surface area contributed by atoms with Crippen molar-refractivity contribution in [3.8, 4) is 0 Å². The molecule has 1 saturated heterocycles. The first-order valence-electron chi connectivity index (χ1n) is 6.29. The van der Waals surface area contributed by atoms with E-state index in [-0.39, 0.29) is 5.91 Å². The highest BCUT2D eigenvalue weighted by Gasteiger charge is 2.20. The molecule has 1 aliphatic rings. The van der Waals surface area contributed by atoms with Gasteiger partial charge in [0.15, 0.2) is 0 Å². The van der Waals surface area contributed by atoms with Gasteiger partial charge in [0.25, 0.3) is 0 Å². The van der Waals surface area contributed by atoms with Crippen LogP contribution in [0.1, 0.15) is 25.7 Å². The minimum absolute atomic E-state index is 0.198. The molecule has 0 aromatic carbocycles. The molecule has 0 aliphatic carbocycles. The highest BCUT2D eigenvalue weighted by atomic mass is 79.9. The molecule has 1 atom stereocenters. The van der Waals surface area contributed by atoms with Gasteiger partial charge in [-0.2, -0.15) is 0 Å². The van der Waals surface area contributed by atoms with Crippen molar-refractivity contribution < 1.29 is 4.79 Å². The van der Waals surface area contributed by atoms with Crippen molar-refractivity contribution in [3.63, 3.8) is 0 Å². The molecule has 0 spiro atoms. The fourth-order valence-electron chi connectivity index (χ4n) is 2.46. The van der Waals surface area contributed by atoms with E-state index in [1.807, 2.05) is 6.20 Å². The van der Waals surface area contributed by atoms with E-state index < -0.39 is 0 Å². The molecule has 0 unspecified atom stereocenters. The summed E-state index contributed by atoms with van der Waals surface area (Å²) in [5.41, 5.74) is 6.35. The zero-order chi connectivity index (χ0) is 13.0. The Balaban J connectivity index is 1.96. The lowest BCUT2D eigenvalue weighted by molar-refractivity contribution is -0.118. The van der Waals surface area contributed by atoms with E-state index in [2.05, 4.69) is 31.9 Å². The molecular weight excluding hydrogens is 294 g/mol. The summed E-state index contributed by atoms with van der Waals surface area (Å²) in [6.45, 7) is 2.05. The molecule has 2 rings (SSSR count). The van der Waals surface area contributed by atoms with Crippen molar-refractivity contribution in [2.75, 3.05) is 18.0 Å². The number of anilines is 1. The van der Waals surface area contributed by atoms with Crippen LogP contribution in [0, 0.1) is 5.92 Å². The maximum Gasteiger partial charge on any atom is 0.217 e. The second-order valence-corrected chi connectivity index (χ2v) is 5.74. The van der Waals surface area contributed by atoms with Crippen LogP contribution in [0.15, 0.2) is 22.9 Å². The second kappa shape index (κ2) is 6.18. The molecule has 0 bridgehead atoms. The van der Waals surface area contributed by atoms with E-state index >= 15 is 0 Å². The number of nitrogens with zero attached hydrogens (tertiary/aromatic N) is 2. The molecule has 1 aromatic rings. The van der Waals surface area contributed by atoms with Crippen molar-refractivity contribution in [3.05, 3.63) is 22.9 Å². The summed E-state index contributed by atoms with van der Waals surface area (Å²) >= 11 is 3.44. The SMILES string of the molecule is NC(=O)CC[C@H]1CCCN(c2cncc(Br)c2)C1. The molecule has 18 heavy (non-hydrogen) atoms. The van der Waals surface area contributed by atoms with Crippen molar-refractivity contribution in [2.24, 2.45) is 11.7 Å². The summed E-state index contributed by atoms with van der Waals surface area (Å²) in [6.07, 6.45) is 7.42. The first-order valence-corrected chi connectivity index (χ1v) is 7.08. The fraction of sp³-hybridized carbons (Fsp3) is 0.538. The number of rotatable bonds is 4. The summed E-state index contributed by atoms with van der Waals surface area (Å²) < 4.78 is 0.999. The summed E-state index contributed by atoms with van der Waals surface area (Å²) in [6, 6.07) is 2.09. The number of primary amides is 1. The Kier molecular flexibility index (Phi) is 4.58. The minimum atomic E-state index is -0.198. The Labute approximate surface area is 116 Å². The molecule has 0 radical (unpaired) electrons. The van der Waals surface area contributed by atoms with E-state index in [1.54, 1.807) is 6.20 Å². The zero-order valence-corrected chi connectivity index (χ0v) is 11.9. The van der Waals surface area contributed by atoms with Crippen LogP contribution in [0.5, 0.6) is 0 Å². The van der Waals surface area contributed by atoms with Gasteiger partial charge in [0.2, 0.25) is 5.91 Å². The lowest BCUT2D eigenvalue weighted by Crippen LogP contribution is -2.35. The van der Waals surface area contributed by atoms with Crippen molar-refractivity contribution >= 4 is 27.5 Å². The Bertz CT molecular complexity index is 424. The predicted molar refractivity (Wildman–Crippen MR) is 75.3 cm³/mol. The Hall–Kier alpha value is -1.10. The molecule has 5 heteroatoms. The summed E-state index contributed by atoms with van der Waals surface area (Å²) in [5, 5.41) is 0. The highest BCUT2D eigenvalue weighted by Crippen LogP contribution is 2.26. The first-order chi connectivity index (χ1) is 8.65. The predicted octanol–water partition coefficient (Wildman–Crippen LogP) is 2.33. The van der Waals surface area contributed by atoms with Gasteiger partial charge in [-0.05, 0) is 47.2 Å². The van der Waals surface area contributed by atoms with Gasteiger partial charge in [0.1, 0.15) is 0 Å². The monoisotopic (exact) mass is 311 g/mol. The molecule has 1 fully saturated rings. The Morgan fingerprint density at radius 1 is 1.56 bits per heavy atom. The molecule has 1 amide bonds. The third-order valence-corrected chi connectivity index (χ3v) is 3.81. The second-order valence-electron chi connectivity index (χ2n) is 4.82. The molecule has 2 heterocycles. The fourth-order valence-corrected chi connectivity index (χ4v) is 2.81. The first kappa shape index (κ1) is 13.3. The summed E-state index contributed by atoms with van der Waals surface area (Å²) in [5.74, 6) is 0.362. The normalized spacial score (nSPS) is 19.8. The number of halogens is 1. The molecule has 2 N–H and O–H groups in total. The van der Waals surface area contributed by atoms with Gasteiger partial charge in [-0.3, -0.25) is 9.78 Å². The largest absolute Gasteiger partial charge is 0.370 e. The van der Waals surface area contributed by atoms with Crippen molar-refractivity contribution in [1.29, 1.82) is 0 Å². The lowest BCUT2D eigenvalue weighted by Gasteiger charge is -2.34. The Morgan fingerprint density at radius 3 is 3.11 bits per heavy atom. The maximum atomic E-state index is 10.8. The lowest BCUT2D eigenvalue weighted by atomic mass is 9.93.